The molecule has 2 heterocycles. The van der Waals surface area contributed by atoms with E-state index in [2.05, 4.69) is 41.8 Å². The van der Waals surface area contributed by atoms with Crippen LogP contribution in [0.2, 0.25) is 0 Å². The lowest BCUT2D eigenvalue weighted by atomic mass is 10.1. The number of benzene rings is 1. The number of ether oxygens (including phenoxy) is 1. The Labute approximate surface area is 131 Å². The molecule has 2 fully saturated rings. The smallest absolute Gasteiger partial charge is 0.223 e. The molecule has 5 heteroatoms. The highest BCUT2D eigenvalue weighted by atomic mass is 32.1. The predicted molar refractivity (Wildman–Crippen MR) is 86.9 cm³/mol. The molecule has 0 bridgehead atoms. The molecule has 0 spiro atoms. The van der Waals surface area contributed by atoms with Crippen LogP contribution in [0.5, 0.6) is 0 Å². The minimum Gasteiger partial charge on any atom is -0.378 e. The molecule has 0 radical (unpaired) electrons. The van der Waals surface area contributed by atoms with Crippen LogP contribution >= 0.6 is 12.6 Å². The van der Waals surface area contributed by atoms with Crippen molar-refractivity contribution >= 4 is 24.2 Å². The van der Waals surface area contributed by atoms with E-state index in [4.69, 9.17) is 4.74 Å². The van der Waals surface area contributed by atoms with E-state index in [-0.39, 0.29) is 5.91 Å². The van der Waals surface area contributed by atoms with Crippen LogP contribution in [0, 0.1) is 5.92 Å². The van der Waals surface area contributed by atoms with Gasteiger partial charge >= 0.3 is 0 Å². The maximum absolute atomic E-state index is 11.9. The van der Waals surface area contributed by atoms with Crippen LogP contribution in [0.15, 0.2) is 24.3 Å². The summed E-state index contributed by atoms with van der Waals surface area (Å²) < 4.78 is 5.37. The van der Waals surface area contributed by atoms with Crippen molar-refractivity contribution in [1.82, 2.24) is 4.90 Å². The number of hydrogen-bond donors (Lipinski definition) is 1. The van der Waals surface area contributed by atoms with E-state index < -0.39 is 0 Å². The molecule has 4 nitrogen and oxygen atoms in total. The van der Waals surface area contributed by atoms with Crippen LogP contribution in [0.3, 0.4) is 0 Å². The van der Waals surface area contributed by atoms with E-state index in [0.29, 0.717) is 18.9 Å². The van der Waals surface area contributed by atoms with Crippen LogP contribution in [0.1, 0.15) is 12.0 Å². The topological polar surface area (TPSA) is 32.8 Å². The van der Waals surface area contributed by atoms with Crippen molar-refractivity contribution in [1.29, 1.82) is 0 Å². The van der Waals surface area contributed by atoms with Gasteiger partial charge in [0.1, 0.15) is 0 Å². The fraction of sp³-hybridized carbons (Fsp3) is 0.562. The number of rotatable bonds is 4. The van der Waals surface area contributed by atoms with Gasteiger partial charge in [-0.15, -0.1) is 0 Å². The molecule has 0 saturated carbocycles. The van der Waals surface area contributed by atoms with Crippen LogP contribution in [0.25, 0.3) is 0 Å². The van der Waals surface area contributed by atoms with Crippen LogP contribution in [-0.2, 0) is 16.1 Å². The standard InChI is InChI=1S/C16H22N2O2S/c19-16-9-14(12-21)11-18(16)10-13-1-3-15(4-2-13)17-5-7-20-8-6-17/h1-4,14,21H,5-12H2. The van der Waals surface area contributed by atoms with Gasteiger partial charge in [0.05, 0.1) is 13.2 Å². The van der Waals surface area contributed by atoms with Crippen molar-refractivity contribution in [3.8, 4) is 0 Å². The molecule has 1 aromatic rings. The van der Waals surface area contributed by atoms with Gasteiger partial charge in [0.25, 0.3) is 0 Å². The fourth-order valence-corrected chi connectivity index (χ4v) is 3.23. The highest BCUT2D eigenvalue weighted by Gasteiger charge is 2.28. The minimum atomic E-state index is 0.256. The first kappa shape index (κ1) is 14.7. The highest BCUT2D eigenvalue weighted by molar-refractivity contribution is 7.80. The molecule has 1 aromatic carbocycles. The third-order valence-electron chi connectivity index (χ3n) is 4.24. The van der Waals surface area contributed by atoms with E-state index in [1.54, 1.807) is 0 Å². The monoisotopic (exact) mass is 306 g/mol. The Morgan fingerprint density at radius 1 is 1.19 bits per heavy atom. The van der Waals surface area contributed by atoms with Crippen molar-refractivity contribution in [2.24, 2.45) is 5.92 Å². The third-order valence-corrected chi connectivity index (χ3v) is 4.76. The largest absolute Gasteiger partial charge is 0.378 e. The first-order valence-electron chi connectivity index (χ1n) is 7.56. The molecule has 2 saturated heterocycles. The van der Waals surface area contributed by atoms with Crippen molar-refractivity contribution in [2.45, 2.75) is 13.0 Å². The molecule has 0 aromatic heterocycles. The summed E-state index contributed by atoms with van der Waals surface area (Å²) >= 11 is 4.30. The van der Waals surface area contributed by atoms with E-state index in [9.17, 15) is 4.79 Å². The highest BCUT2D eigenvalue weighted by Crippen LogP contribution is 2.22. The summed E-state index contributed by atoms with van der Waals surface area (Å²) in [6, 6.07) is 8.56. The Bertz CT molecular complexity index is 486. The zero-order valence-corrected chi connectivity index (χ0v) is 13.1. The van der Waals surface area contributed by atoms with Crippen molar-refractivity contribution < 1.29 is 9.53 Å². The molecule has 1 unspecified atom stereocenters. The number of amides is 1. The average molecular weight is 306 g/mol. The van der Waals surface area contributed by atoms with Crippen molar-refractivity contribution in [3.05, 3.63) is 29.8 Å². The number of anilines is 1. The van der Waals surface area contributed by atoms with Gasteiger partial charge < -0.3 is 14.5 Å². The Balaban J connectivity index is 1.60. The quantitative estimate of drug-likeness (QED) is 0.861. The zero-order chi connectivity index (χ0) is 14.7. The lowest BCUT2D eigenvalue weighted by Crippen LogP contribution is -2.36. The second kappa shape index (κ2) is 6.71. The molecule has 3 rings (SSSR count). The number of likely N-dealkylation sites (tertiary alicyclic amines) is 1. The van der Waals surface area contributed by atoms with Crippen LogP contribution in [-0.4, -0.2) is 49.4 Å². The first-order chi connectivity index (χ1) is 10.3. The van der Waals surface area contributed by atoms with E-state index in [0.717, 1.165) is 38.6 Å². The maximum Gasteiger partial charge on any atom is 0.223 e. The zero-order valence-electron chi connectivity index (χ0n) is 12.2. The summed E-state index contributed by atoms with van der Waals surface area (Å²) in [7, 11) is 0. The number of morpholine rings is 1. The lowest BCUT2D eigenvalue weighted by molar-refractivity contribution is -0.128. The Morgan fingerprint density at radius 2 is 1.90 bits per heavy atom. The molecule has 114 valence electrons. The number of thiol groups is 1. The summed E-state index contributed by atoms with van der Waals surface area (Å²) in [6.45, 7) is 5.06. The van der Waals surface area contributed by atoms with Gasteiger partial charge in [-0.1, -0.05) is 12.1 Å². The molecule has 0 aliphatic carbocycles. The molecule has 21 heavy (non-hydrogen) atoms. The van der Waals surface area contributed by atoms with Crippen LogP contribution < -0.4 is 4.90 Å². The molecule has 1 atom stereocenters. The lowest BCUT2D eigenvalue weighted by Gasteiger charge is -2.29. The summed E-state index contributed by atoms with van der Waals surface area (Å²) in [5, 5.41) is 0. The van der Waals surface area contributed by atoms with E-state index in [1.165, 1.54) is 11.3 Å². The first-order valence-corrected chi connectivity index (χ1v) is 8.20. The molecule has 0 N–H and O–H groups in total. The average Bonchev–Trinajstić information content (AvgIpc) is 2.89. The second-order valence-corrected chi connectivity index (χ2v) is 6.16. The SMILES string of the molecule is O=C1CC(CS)CN1Cc1ccc(N2CCOCC2)cc1. The number of carbonyl (C=O) groups is 1. The van der Waals surface area contributed by atoms with Gasteiger partial charge in [0, 0.05) is 38.3 Å². The third kappa shape index (κ3) is 3.52. The summed E-state index contributed by atoms with van der Waals surface area (Å²) in [6.07, 6.45) is 0.648. The summed E-state index contributed by atoms with van der Waals surface area (Å²) in [5.41, 5.74) is 2.43. The molecule has 2 aliphatic heterocycles. The minimum absolute atomic E-state index is 0.256. The van der Waals surface area contributed by atoms with Crippen molar-refractivity contribution in [2.75, 3.05) is 43.5 Å². The molecular weight excluding hydrogens is 284 g/mol. The second-order valence-electron chi connectivity index (χ2n) is 5.79. The normalized spacial score (nSPS) is 22.9. The van der Waals surface area contributed by atoms with Gasteiger partial charge in [-0.25, -0.2) is 0 Å². The number of nitrogens with zero attached hydrogens (tertiary/aromatic N) is 2. The Kier molecular flexibility index (Phi) is 4.70. The molecule has 2 aliphatic rings. The van der Waals surface area contributed by atoms with E-state index >= 15 is 0 Å². The molecule has 1 amide bonds. The maximum atomic E-state index is 11.9. The molecular formula is C16H22N2O2S. The van der Waals surface area contributed by atoms with Gasteiger partial charge in [-0.05, 0) is 29.4 Å². The van der Waals surface area contributed by atoms with Crippen LogP contribution in [0.4, 0.5) is 5.69 Å². The van der Waals surface area contributed by atoms with Gasteiger partial charge in [-0.3, -0.25) is 4.79 Å². The van der Waals surface area contributed by atoms with E-state index in [1.807, 2.05) is 4.90 Å². The Morgan fingerprint density at radius 3 is 2.52 bits per heavy atom. The van der Waals surface area contributed by atoms with Crippen molar-refractivity contribution in [3.63, 3.8) is 0 Å². The predicted octanol–water partition coefficient (Wildman–Crippen LogP) is 1.80. The summed E-state index contributed by atoms with van der Waals surface area (Å²) in [5.74, 6) is 1.46. The van der Waals surface area contributed by atoms with Gasteiger partial charge in [0.15, 0.2) is 0 Å². The number of hydrogen-bond acceptors (Lipinski definition) is 4. The van der Waals surface area contributed by atoms with Gasteiger partial charge in [0.2, 0.25) is 5.91 Å². The summed E-state index contributed by atoms with van der Waals surface area (Å²) in [4.78, 5) is 16.2. The Hall–Kier alpha value is -1.20. The number of carbonyl (C=O) groups excluding carboxylic acids is 1. The fourth-order valence-electron chi connectivity index (χ4n) is 2.98. The van der Waals surface area contributed by atoms with Gasteiger partial charge in [-0.2, -0.15) is 12.6 Å².